The van der Waals surface area contributed by atoms with Gasteiger partial charge in [0.2, 0.25) is 5.91 Å². The number of esters is 1. The number of para-hydroxylation sites is 2. The van der Waals surface area contributed by atoms with Crippen LogP contribution >= 0.6 is 7.26 Å². The van der Waals surface area contributed by atoms with Gasteiger partial charge in [-0.1, -0.05) is 78.9 Å². The molecule has 292 valence electrons. The van der Waals surface area contributed by atoms with Crippen LogP contribution in [0.4, 0.5) is 16.2 Å². The summed E-state index contributed by atoms with van der Waals surface area (Å²) < 4.78 is 11.4. The molecule has 0 aliphatic carbocycles. The van der Waals surface area contributed by atoms with Gasteiger partial charge < -0.3 is 19.9 Å². The van der Waals surface area contributed by atoms with Gasteiger partial charge >= 0.3 is 12.1 Å². The van der Waals surface area contributed by atoms with Crippen LogP contribution in [0.2, 0.25) is 0 Å². The van der Waals surface area contributed by atoms with E-state index in [0.717, 1.165) is 15.9 Å². The van der Waals surface area contributed by atoms with Crippen LogP contribution < -0.4 is 21.2 Å². The van der Waals surface area contributed by atoms with Crippen molar-refractivity contribution >= 4 is 52.5 Å². The van der Waals surface area contributed by atoms with E-state index in [1.54, 1.807) is 19.1 Å². The fraction of sp³-hybridized carbons (Fsp3) is 0.214. The second-order valence-corrected chi connectivity index (χ2v) is 16.8. The predicted molar refractivity (Wildman–Crippen MR) is 214 cm³/mol. The Morgan fingerprint density at radius 3 is 1.58 bits per heavy atom. The second-order valence-electron chi connectivity index (χ2n) is 13.3. The van der Waals surface area contributed by atoms with E-state index in [1.807, 2.05) is 91.0 Å². The van der Waals surface area contributed by atoms with Crippen molar-refractivity contribution in [3.05, 3.63) is 171 Å². The van der Waals surface area contributed by atoms with Gasteiger partial charge in [-0.15, -0.1) is 0 Å². The summed E-state index contributed by atoms with van der Waals surface area (Å²) >= 11 is 0. The Balaban J connectivity index is 1.42. The standard InChI is InChI=1S/C42H39N4O10P/c1-29(43-42(50)56-28-31-16-12-14-24-36(31)46(53)54)38-37(25-26-47)44(39(38)48)40(41(49)55-27-30-15-11-13-23-35(30)45(51)52)57(32-17-5-2-6-18-32,33-19-7-3-8-20-33)34-21-9-4-10-22-34/h2-24,29,37-38,40,47H,25-28H2,1H3/p+1. The molecule has 1 aliphatic rings. The third-order valence-electron chi connectivity index (χ3n) is 10.1. The fourth-order valence-corrected chi connectivity index (χ4v) is 12.2. The quantitative estimate of drug-likeness (QED) is 0.0431. The van der Waals surface area contributed by atoms with Crippen molar-refractivity contribution in [2.75, 3.05) is 6.61 Å². The summed E-state index contributed by atoms with van der Waals surface area (Å²) in [6.45, 7) is 0.383. The highest BCUT2D eigenvalue weighted by atomic mass is 31.2. The second kappa shape index (κ2) is 18.0. The van der Waals surface area contributed by atoms with E-state index in [9.17, 15) is 34.9 Å². The number of hydrogen-bond acceptors (Lipinski definition) is 10. The first kappa shape index (κ1) is 40.2. The molecule has 15 heteroatoms. The smallest absolute Gasteiger partial charge is 0.407 e. The molecule has 4 unspecified atom stereocenters. The lowest BCUT2D eigenvalue weighted by Crippen LogP contribution is -2.72. The molecule has 14 nitrogen and oxygen atoms in total. The van der Waals surface area contributed by atoms with Crippen LogP contribution in [-0.2, 0) is 32.3 Å². The Hall–Kier alpha value is -6.50. The van der Waals surface area contributed by atoms with E-state index in [0.29, 0.717) is 0 Å². The first-order chi connectivity index (χ1) is 27.6. The summed E-state index contributed by atoms with van der Waals surface area (Å²) in [7, 11) is -3.29. The monoisotopic (exact) mass is 791 g/mol. The third-order valence-corrected chi connectivity index (χ3v) is 14.6. The molecular formula is C42H40N4O10P+. The number of alkyl carbamates (subject to hydrolysis) is 1. The molecule has 1 fully saturated rings. The summed E-state index contributed by atoms with van der Waals surface area (Å²) in [6.07, 6.45) is -0.894. The van der Waals surface area contributed by atoms with Crippen molar-refractivity contribution in [2.45, 2.75) is 44.4 Å². The van der Waals surface area contributed by atoms with E-state index in [4.69, 9.17) is 9.47 Å². The number of amides is 2. The van der Waals surface area contributed by atoms with Crippen molar-refractivity contribution in [3.63, 3.8) is 0 Å². The van der Waals surface area contributed by atoms with Gasteiger partial charge in [-0.2, -0.15) is 0 Å². The highest BCUT2D eigenvalue weighted by molar-refractivity contribution is 7.96. The number of nitrogens with one attached hydrogen (secondary N) is 1. The molecule has 57 heavy (non-hydrogen) atoms. The Morgan fingerprint density at radius 2 is 1.14 bits per heavy atom. The topological polar surface area (TPSA) is 191 Å². The van der Waals surface area contributed by atoms with Gasteiger partial charge in [0.25, 0.3) is 17.2 Å². The summed E-state index contributed by atoms with van der Waals surface area (Å²) in [6, 6.07) is 38.1. The molecule has 5 aromatic rings. The van der Waals surface area contributed by atoms with Crippen molar-refractivity contribution in [2.24, 2.45) is 5.92 Å². The van der Waals surface area contributed by atoms with E-state index >= 15 is 4.79 Å². The normalized spacial score (nSPS) is 16.1. The molecule has 0 radical (unpaired) electrons. The van der Waals surface area contributed by atoms with Gasteiger partial charge in [0, 0.05) is 24.8 Å². The number of carbonyl (C=O) groups is 3. The zero-order chi connectivity index (χ0) is 40.5. The molecule has 0 aromatic heterocycles. The van der Waals surface area contributed by atoms with Crippen LogP contribution in [0.3, 0.4) is 0 Å². The van der Waals surface area contributed by atoms with Gasteiger partial charge in [-0.3, -0.25) is 29.9 Å². The van der Waals surface area contributed by atoms with Crippen molar-refractivity contribution < 1.29 is 38.8 Å². The molecule has 1 heterocycles. The molecule has 5 aromatic carbocycles. The molecule has 1 aliphatic heterocycles. The first-order valence-corrected chi connectivity index (χ1v) is 20.0. The Morgan fingerprint density at radius 1 is 0.719 bits per heavy atom. The minimum atomic E-state index is -3.29. The molecule has 4 atom stereocenters. The molecule has 1 saturated heterocycles. The highest BCUT2D eigenvalue weighted by Gasteiger charge is 2.66. The van der Waals surface area contributed by atoms with Gasteiger partial charge in [0.1, 0.15) is 36.4 Å². The lowest BCUT2D eigenvalue weighted by atomic mass is 9.80. The summed E-state index contributed by atoms with van der Waals surface area (Å²) in [5.74, 6) is -3.56. The molecule has 0 saturated carbocycles. The van der Waals surface area contributed by atoms with E-state index in [-0.39, 0.29) is 35.5 Å². The maximum Gasteiger partial charge on any atom is 0.407 e. The summed E-state index contributed by atoms with van der Waals surface area (Å²) in [4.78, 5) is 66.6. The number of β-lactam (4-membered cyclic amide) rings is 1. The van der Waals surface area contributed by atoms with Gasteiger partial charge in [0.05, 0.1) is 32.9 Å². The van der Waals surface area contributed by atoms with Crippen molar-refractivity contribution in [3.8, 4) is 0 Å². The number of benzene rings is 5. The van der Waals surface area contributed by atoms with Crippen LogP contribution in [0.1, 0.15) is 24.5 Å². The lowest BCUT2D eigenvalue weighted by molar-refractivity contribution is -0.386. The van der Waals surface area contributed by atoms with Crippen molar-refractivity contribution in [1.29, 1.82) is 0 Å². The number of aliphatic hydroxyl groups is 1. The molecule has 0 spiro atoms. The number of nitro groups is 2. The van der Waals surface area contributed by atoms with E-state index < -0.39 is 72.1 Å². The molecule has 2 amide bonds. The Labute approximate surface area is 328 Å². The number of carbonyl (C=O) groups excluding carboxylic acids is 3. The minimum absolute atomic E-state index is 0.0278. The van der Waals surface area contributed by atoms with Crippen molar-refractivity contribution in [1.82, 2.24) is 10.2 Å². The molecule has 0 bridgehead atoms. The fourth-order valence-electron chi connectivity index (χ4n) is 7.52. The zero-order valence-corrected chi connectivity index (χ0v) is 31.7. The first-order valence-electron chi connectivity index (χ1n) is 18.1. The third kappa shape index (κ3) is 8.23. The number of likely N-dealkylation sites (tertiary alicyclic amines) is 1. The Kier molecular flexibility index (Phi) is 12.7. The number of ether oxygens (including phenoxy) is 2. The van der Waals surface area contributed by atoms with E-state index in [1.165, 1.54) is 41.3 Å². The molecular weight excluding hydrogens is 751 g/mol. The average Bonchev–Trinajstić information content (AvgIpc) is 3.23. The number of aliphatic hydroxyl groups excluding tert-OH is 1. The van der Waals surface area contributed by atoms with Gasteiger partial charge in [0.15, 0.2) is 0 Å². The maximum absolute atomic E-state index is 15.1. The highest BCUT2D eigenvalue weighted by Crippen LogP contribution is 2.63. The SMILES string of the molecule is CC(NC(=O)OCc1ccccc1[N+](=O)[O-])C1C(=O)N(C(C(=O)OCc2ccccc2[N+](=O)[O-])[P+](c2ccccc2)(c2ccccc2)c2ccccc2)C1CCO. The van der Waals surface area contributed by atoms with Gasteiger partial charge in [-0.25, -0.2) is 9.59 Å². The minimum Gasteiger partial charge on any atom is -0.456 e. The number of hydrogen-bond donors (Lipinski definition) is 2. The summed E-state index contributed by atoms with van der Waals surface area (Å²) in [5.41, 5.74) is -0.105. The lowest BCUT2D eigenvalue weighted by Gasteiger charge is -2.53. The zero-order valence-electron chi connectivity index (χ0n) is 30.8. The van der Waals surface area contributed by atoms with Crippen LogP contribution in [0.5, 0.6) is 0 Å². The number of nitro benzene ring substituents is 2. The predicted octanol–water partition coefficient (Wildman–Crippen LogP) is 5.39. The van der Waals surface area contributed by atoms with Crippen LogP contribution in [-0.4, -0.2) is 62.3 Å². The van der Waals surface area contributed by atoms with Crippen LogP contribution in [0, 0.1) is 26.1 Å². The Bertz CT molecular complexity index is 2130. The van der Waals surface area contributed by atoms with Gasteiger partial charge in [-0.05, 0) is 61.9 Å². The largest absolute Gasteiger partial charge is 0.456 e. The maximum atomic E-state index is 15.1. The van der Waals surface area contributed by atoms with E-state index in [2.05, 4.69) is 5.32 Å². The summed E-state index contributed by atoms with van der Waals surface area (Å²) in [5, 5.41) is 38.7. The average molecular weight is 792 g/mol. The molecule has 6 rings (SSSR count). The number of nitrogens with zero attached hydrogens (tertiary/aromatic N) is 3. The number of rotatable bonds is 16. The molecule has 2 N–H and O–H groups in total. The van der Waals surface area contributed by atoms with Crippen LogP contribution in [0.15, 0.2) is 140 Å². The van der Waals surface area contributed by atoms with Crippen LogP contribution in [0.25, 0.3) is 0 Å².